The standard InChI is InChI=1S/C16H22N4/c1-12(2)13-3-5-15(6-4-13)20-11-18-19-16(20)14-7-9-17-10-8-14/h3-6,11-12,14,17H,7-10H2,1-2H3. The molecule has 0 aliphatic carbocycles. The zero-order valence-electron chi connectivity index (χ0n) is 12.2. The van der Waals surface area contributed by atoms with Crippen molar-refractivity contribution >= 4 is 0 Å². The monoisotopic (exact) mass is 270 g/mol. The Morgan fingerprint density at radius 3 is 2.50 bits per heavy atom. The number of hydrogen-bond acceptors (Lipinski definition) is 3. The van der Waals surface area contributed by atoms with Gasteiger partial charge in [-0.15, -0.1) is 10.2 Å². The molecule has 4 heteroatoms. The van der Waals surface area contributed by atoms with Crippen molar-refractivity contribution in [2.45, 2.75) is 38.5 Å². The molecule has 0 saturated carbocycles. The fraction of sp³-hybridized carbons (Fsp3) is 0.500. The average molecular weight is 270 g/mol. The lowest BCUT2D eigenvalue weighted by Crippen LogP contribution is -2.28. The lowest BCUT2D eigenvalue weighted by atomic mass is 9.97. The molecule has 0 atom stereocenters. The SMILES string of the molecule is CC(C)c1ccc(-n2cnnc2C2CCNCC2)cc1. The maximum Gasteiger partial charge on any atom is 0.140 e. The summed E-state index contributed by atoms with van der Waals surface area (Å²) in [6.07, 6.45) is 4.12. The highest BCUT2D eigenvalue weighted by atomic mass is 15.3. The highest BCUT2D eigenvalue weighted by molar-refractivity contribution is 5.36. The van der Waals surface area contributed by atoms with E-state index in [4.69, 9.17) is 0 Å². The quantitative estimate of drug-likeness (QED) is 0.932. The molecule has 1 N–H and O–H groups in total. The first-order chi connectivity index (χ1) is 9.75. The lowest BCUT2D eigenvalue weighted by Gasteiger charge is -2.22. The lowest BCUT2D eigenvalue weighted by molar-refractivity contribution is 0.440. The Kier molecular flexibility index (Phi) is 3.83. The van der Waals surface area contributed by atoms with Crippen LogP contribution in [-0.2, 0) is 0 Å². The molecular weight excluding hydrogens is 248 g/mol. The third kappa shape index (κ3) is 2.61. The molecule has 0 bridgehead atoms. The Labute approximate surface area is 120 Å². The Morgan fingerprint density at radius 1 is 1.15 bits per heavy atom. The number of piperidine rings is 1. The van der Waals surface area contributed by atoms with Crippen LogP contribution in [0.1, 0.15) is 49.9 Å². The molecule has 20 heavy (non-hydrogen) atoms. The molecule has 0 unspecified atom stereocenters. The molecular formula is C16H22N4. The maximum atomic E-state index is 4.36. The summed E-state index contributed by atoms with van der Waals surface area (Å²) in [5, 5.41) is 11.9. The van der Waals surface area contributed by atoms with Crippen molar-refractivity contribution in [2.24, 2.45) is 0 Å². The second kappa shape index (κ2) is 5.75. The molecule has 1 aromatic heterocycles. The molecule has 2 heterocycles. The number of benzene rings is 1. The number of hydrogen-bond donors (Lipinski definition) is 1. The number of nitrogens with zero attached hydrogens (tertiary/aromatic N) is 3. The van der Waals surface area contributed by atoms with Gasteiger partial charge in [-0.1, -0.05) is 26.0 Å². The van der Waals surface area contributed by atoms with Gasteiger partial charge >= 0.3 is 0 Å². The molecule has 2 aromatic rings. The Balaban J connectivity index is 1.88. The van der Waals surface area contributed by atoms with Gasteiger partial charge in [-0.05, 0) is 49.5 Å². The summed E-state index contributed by atoms with van der Waals surface area (Å²) in [7, 11) is 0. The Morgan fingerprint density at radius 2 is 1.85 bits per heavy atom. The Bertz CT molecular complexity index is 550. The third-order valence-electron chi connectivity index (χ3n) is 4.12. The van der Waals surface area contributed by atoms with Gasteiger partial charge in [-0.2, -0.15) is 0 Å². The molecule has 1 aliphatic heterocycles. The predicted molar refractivity (Wildman–Crippen MR) is 80.3 cm³/mol. The fourth-order valence-corrected chi connectivity index (χ4v) is 2.82. The maximum absolute atomic E-state index is 4.36. The molecule has 1 aliphatic rings. The van der Waals surface area contributed by atoms with E-state index in [1.807, 2.05) is 6.33 Å². The van der Waals surface area contributed by atoms with E-state index in [-0.39, 0.29) is 0 Å². The third-order valence-corrected chi connectivity index (χ3v) is 4.12. The summed E-state index contributed by atoms with van der Waals surface area (Å²) in [6.45, 7) is 6.58. The van der Waals surface area contributed by atoms with Gasteiger partial charge in [-0.25, -0.2) is 0 Å². The van der Waals surface area contributed by atoms with E-state index in [1.165, 1.54) is 5.56 Å². The smallest absolute Gasteiger partial charge is 0.140 e. The normalized spacial score (nSPS) is 16.8. The van der Waals surface area contributed by atoms with Gasteiger partial charge in [0.1, 0.15) is 12.2 Å². The summed E-state index contributed by atoms with van der Waals surface area (Å²) >= 11 is 0. The Hall–Kier alpha value is -1.68. The minimum atomic E-state index is 0.517. The van der Waals surface area contributed by atoms with Crippen molar-refractivity contribution in [1.29, 1.82) is 0 Å². The van der Waals surface area contributed by atoms with Crippen LogP contribution in [0.2, 0.25) is 0 Å². The first-order valence-corrected chi connectivity index (χ1v) is 7.46. The minimum Gasteiger partial charge on any atom is -0.317 e. The van der Waals surface area contributed by atoms with E-state index in [1.54, 1.807) is 0 Å². The van der Waals surface area contributed by atoms with Gasteiger partial charge < -0.3 is 5.32 Å². The van der Waals surface area contributed by atoms with Gasteiger partial charge in [0.2, 0.25) is 0 Å². The average Bonchev–Trinajstić information content (AvgIpc) is 2.97. The first-order valence-electron chi connectivity index (χ1n) is 7.46. The summed E-state index contributed by atoms with van der Waals surface area (Å²) in [5.74, 6) is 2.18. The van der Waals surface area contributed by atoms with Crippen LogP contribution in [-0.4, -0.2) is 27.9 Å². The van der Waals surface area contributed by atoms with Crippen molar-refractivity contribution in [2.75, 3.05) is 13.1 Å². The van der Waals surface area contributed by atoms with Gasteiger partial charge in [0, 0.05) is 11.6 Å². The van der Waals surface area contributed by atoms with E-state index in [0.717, 1.165) is 37.4 Å². The highest BCUT2D eigenvalue weighted by Gasteiger charge is 2.21. The van der Waals surface area contributed by atoms with Gasteiger partial charge in [-0.3, -0.25) is 4.57 Å². The van der Waals surface area contributed by atoms with Crippen LogP contribution in [0.5, 0.6) is 0 Å². The zero-order chi connectivity index (χ0) is 13.9. The van der Waals surface area contributed by atoms with Gasteiger partial charge in [0.15, 0.2) is 0 Å². The van der Waals surface area contributed by atoms with Crippen LogP contribution in [0.15, 0.2) is 30.6 Å². The van der Waals surface area contributed by atoms with Crippen molar-refractivity contribution < 1.29 is 0 Å². The molecule has 1 saturated heterocycles. The van der Waals surface area contributed by atoms with E-state index in [0.29, 0.717) is 11.8 Å². The van der Waals surface area contributed by atoms with Crippen molar-refractivity contribution in [1.82, 2.24) is 20.1 Å². The van der Waals surface area contributed by atoms with Crippen LogP contribution in [0, 0.1) is 0 Å². The highest BCUT2D eigenvalue weighted by Crippen LogP contribution is 2.26. The van der Waals surface area contributed by atoms with E-state index in [9.17, 15) is 0 Å². The summed E-state index contributed by atoms with van der Waals surface area (Å²) in [5.41, 5.74) is 2.53. The van der Waals surface area contributed by atoms with Crippen LogP contribution >= 0.6 is 0 Å². The van der Waals surface area contributed by atoms with Crippen molar-refractivity contribution in [3.63, 3.8) is 0 Å². The minimum absolute atomic E-state index is 0.517. The molecule has 1 aromatic carbocycles. The molecule has 3 rings (SSSR count). The van der Waals surface area contributed by atoms with Crippen LogP contribution in [0.3, 0.4) is 0 Å². The topological polar surface area (TPSA) is 42.7 Å². The molecule has 0 spiro atoms. The second-order valence-corrected chi connectivity index (χ2v) is 5.83. The molecule has 4 nitrogen and oxygen atoms in total. The van der Waals surface area contributed by atoms with Gasteiger partial charge in [0.25, 0.3) is 0 Å². The van der Waals surface area contributed by atoms with Crippen LogP contribution in [0.25, 0.3) is 5.69 Å². The molecule has 106 valence electrons. The largest absolute Gasteiger partial charge is 0.317 e. The van der Waals surface area contributed by atoms with Gasteiger partial charge in [0.05, 0.1) is 0 Å². The van der Waals surface area contributed by atoms with Crippen molar-refractivity contribution in [3.8, 4) is 5.69 Å². The molecule has 0 radical (unpaired) electrons. The summed E-state index contributed by atoms with van der Waals surface area (Å²) in [4.78, 5) is 0. The fourth-order valence-electron chi connectivity index (χ4n) is 2.82. The summed E-state index contributed by atoms with van der Waals surface area (Å²) in [6, 6.07) is 8.74. The number of rotatable bonds is 3. The summed E-state index contributed by atoms with van der Waals surface area (Å²) < 4.78 is 2.14. The number of nitrogens with one attached hydrogen (secondary N) is 1. The first kappa shape index (κ1) is 13.3. The molecule has 0 amide bonds. The molecule has 1 fully saturated rings. The van der Waals surface area contributed by atoms with Crippen LogP contribution in [0.4, 0.5) is 0 Å². The van der Waals surface area contributed by atoms with E-state index in [2.05, 4.69) is 58.2 Å². The van der Waals surface area contributed by atoms with E-state index >= 15 is 0 Å². The predicted octanol–water partition coefficient (Wildman–Crippen LogP) is 2.86. The second-order valence-electron chi connectivity index (χ2n) is 5.83. The zero-order valence-corrected chi connectivity index (χ0v) is 12.2. The van der Waals surface area contributed by atoms with Crippen molar-refractivity contribution in [3.05, 3.63) is 42.0 Å². The van der Waals surface area contributed by atoms with E-state index < -0.39 is 0 Å². The number of aromatic nitrogens is 3. The van der Waals surface area contributed by atoms with Crippen LogP contribution < -0.4 is 5.32 Å².